The van der Waals surface area contributed by atoms with Crippen LogP contribution in [0.25, 0.3) is 0 Å². The Balaban J connectivity index is 1.80. The normalized spacial score (nSPS) is 13.7. The van der Waals surface area contributed by atoms with E-state index < -0.39 is 5.97 Å². The third-order valence-electron chi connectivity index (χ3n) is 3.25. The van der Waals surface area contributed by atoms with Gasteiger partial charge >= 0.3 is 12.0 Å². The van der Waals surface area contributed by atoms with E-state index in [1.807, 2.05) is 6.07 Å². The van der Waals surface area contributed by atoms with Crippen molar-refractivity contribution >= 4 is 17.7 Å². The summed E-state index contributed by atoms with van der Waals surface area (Å²) in [4.78, 5) is 24.3. The SMILES string of the molecule is O=C(O)CN(C(=O)NCCCNC1CC1)c1ccccc1. The average molecular weight is 291 g/mol. The third-order valence-corrected chi connectivity index (χ3v) is 3.25. The molecule has 0 spiro atoms. The summed E-state index contributed by atoms with van der Waals surface area (Å²) >= 11 is 0. The molecule has 0 aliphatic heterocycles. The highest BCUT2D eigenvalue weighted by Crippen LogP contribution is 2.18. The van der Waals surface area contributed by atoms with E-state index in [1.54, 1.807) is 24.3 Å². The van der Waals surface area contributed by atoms with Crippen LogP contribution in [0.5, 0.6) is 0 Å². The Labute approximate surface area is 124 Å². The van der Waals surface area contributed by atoms with Crippen molar-refractivity contribution in [2.75, 3.05) is 24.5 Å². The molecule has 2 amide bonds. The second-order valence-corrected chi connectivity index (χ2v) is 5.13. The molecule has 0 saturated heterocycles. The number of rotatable bonds is 8. The van der Waals surface area contributed by atoms with Crippen LogP contribution < -0.4 is 15.5 Å². The van der Waals surface area contributed by atoms with Gasteiger partial charge in [0.15, 0.2) is 0 Å². The van der Waals surface area contributed by atoms with Crippen molar-refractivity contribution in [2.45, 2.75) is 25.3 Å². The van der Waals surface area contributed by atoms with Crippen LogP contribution >= 0.6 is 0 Å². The third kappa shape index (κ3) is 5.43. The fourth-order valence-corrected chi connectivity index (χ4v) is 2.00. The van der Waals surface area contributed by atoms with E-state index in [2.05, 4.69) is 10.6 Å². The fraction of sp³-hybridized carbons (Fsp3) is 0.467. The van der Waals surface area contributed by atoms with E-state index in [-0.39, 0.29) is 12.6 Å². The minimum Gasteiger partial charge on any atom is -0.480 e. The molecular formula is C15H21N3O3. The van der Waals surface area contributed by atoms with Crippen LogP contribution in [0.2, 0.25) is 0 Å². The largest absolute Gasteiger partial charge is 0.480 e. The summed E-state index contributed by atoms with van der Waals surface area (Å²) in [5.74, 6) is -1.04. The highest BCUT2D eigenvalue weighted by molar-refractivity contribution is 5.96. The van der Waals surface area contributed by atoms with Gasteiger partial charge in [0.2, 0.25) is 0 Å². The molecule has 3 N–H and O–H groups in total. The van der Waals surface area contributed by atoms with E-state index in [9.17, 15) is 9.59 Å². The van der Waals surface area contributed by atoms with E-state index >= 15 is 0 Å². The van der Waals surface area contributed by atoms with Gasteiger partial charge in [-0.25, -0.2) is 4.79 Å². The van der Waals surface area contributed by atoms with Gasteiger partial charge in [-0.1, -0.05) is 18.2 Å². The van der Waals surface area contributed by atoms with Gasteiger partial charge in [-0.15, -0.1) is 0 Å². The summed E-state index contributed by atoms with van der Waals surface area (Å²) in [5, 5.41) is 15.1. The van der Waals surface area contributed by atoms with Crippen molar-refractivity contribution in [3.63, 3.8) is 0 Å². The van der Waals surface area contributed by atoms with Crippen LogP contribution in [-0.4, -0.2) is 42.8 Å². The molecule has 1 saturated carbocycles. The maximum absolute atomic E-state index is 12.1. The van der Waals surface area contributed by atoms with E-state index in [4.69, 9.17) is 5.11 Å². The molecular weight excluding hydrogens is 270 g/mol. The molecule has 1 aromatic carbocycles. The number of nitrogens with zero attached hydrogens (tertiary/aromatic N) is 1. The van der Waals surface area contributed by atoms with E-state index in [0.717, 1.165) is 13.0 Å². The number of nitrogens with one attached hydrogen (secondary N) is 2. The molecule has 0 radical (unpaired) electrons. The number of carboxylic acid groups (broad SMARTS) is 1. The van der Waals surface area contributed by atoms with Gasteiger partial charge in [0.25, 0.3) is 0 Å². The summed E-state index contributed by atoms with van der Waals surface area (Å²) in [6.07, 6.45) is 3.32. The Hall–Kier alpha value is -2.08. The first kappa shape index (κ1) is 15.3. The van der Waals surface area contributed by atoms with Crippen molar-refractivity contribution < 1.29 is 14.7 Å². The smallest absolute Gasteiger partial charge is 0.323 e. The van der Waals surface area contributed by atoms with Gasteiger partial charge in [0.1, 0.15) is 6.54 Å². The van der Waals surface area contributed by atoms with Crippen LogP contribution in [-0.2, 0) is 4.79 Å². The summed E-state index contributed by atoms with van der Waals surface area (Å²) < 4.78 is 0. The summed E-state index contributed by atoms with van der Waals surface area (Å²) in [7, 11) is 0. The van der Waals surface area contributed by atoms with Gasteiger partial charge in [-0.2, -0.15) is 0 Å². The fourth-order valence-electron chi connectivity index (χ4n) is 2.00. The molecule has 1 aromatic rings. The van der Waals surface area contributed by atoms with Gasteiger partial charge < -0.3 is 15.7 Å². The number of urea groups is 1. The Morgan fingerprint density at radius 1 is 1.19 bits per heavy atom. The Kier molecular flexibility index (Phi) is 5.57. The quantitative estimate of drug-likeness (QED) is 0.633. The molecule has 1 aliphatic carbocycles. The molecule has 21 heavy (non-hydrogen) atoms. The number of carboxylic acids is 1. The Bertz CT molecular complexity index is 474. The number of hydrogen-bond acceptors (Lipinski definition) is 3. The molecule has 0 unspecified atom stereocenters. The molecule has 1 fully saturated rings. The van der Waals surface area contributed by atoms with Crippen LogP contribution in [0.4, 0.5) is 10.5 Å². The summed E-state index contributed by atoms with van der Waals surface area (Å²) in [6.45, 7) is 1.05. The lowest BCUT2D eigenvalue weighted by Crippen LogP contribution is -2.43. The number of benzene rings is 1. The zero-order valence-electron chi connectivity index (χ0n) is 11.9. The zero-order chi connectivity index (χ0) is 15.1. The molecule has 0 aromatic heterocycles. The van der Waals surface area contributed by atoms with Crippen molar-refractivity contribution in [3.05, 3.63) is 30.3 Å². The van der Waals surface area contributed by atoms with Gasteiger partial charge in [-0.05, 0) is 37.9 Å². The second kappa shape index (κ2) is 7.64. The van der Waals surface area contributed by atoms with Crippen molar-refractivity contribution in [1.82, 2.24) is 10.6 Å². The maximum atomic E-state index is 12.1. The first-order chi connectivity index (χ1) is 10.2. The number of carbonyl (C=O) groups is 2. The van der Waals surface area contributed by atoms with Gasteiger partial charge in [0.05, 0.1) is 0 Å². The van der Waals surface area contributed by atoms with Crippen molar-refractivity contribution in [2.24, 2.45) is 0 Å². The Morgan fingerprint density at radius 3 is 2.52 bits per heavy atom. The zero-order valence-corrected chi connectivity index (χ0v) is 11.9. The molecule has 0 heterocycles. The van der Waals surface area contributed by atoms with E-state index in [1.165, 1.54) is 17.7 Å². The molecule has 0 bridgehead atoms. The summed E-state index contributed by atoms with van der Waals surface area (Å²) in [5.41, 5.74) is 0.577. The molecule has 6 heteroatoms. The lowest BCUT2D eigenvalue weighted by Gasteiger charge is -2.21. The molecule has 2 rings (SSSR count). The monoisotopic (exact) mass is 291 g/mol. The van der Waals surface area contributed by atoms with Crippen LogP contribution in [0.3, 0.4) is 0 Å². The standard InChI is InChI=1S/C15H21N3O3/c19-14(20)11-18(13-5-2-1-3-6-13)15(21)17-10-4-9-16-12-7-8-12/h1-3,5-6,12,16H,4,7-11H2,(H,17,21)(H,19,20). The number of carbonyl (C=O) groups excluding carboxylic acids is 1. The molecule has 0 atom stereocenters. The average Bonchev–Trinajstić information content (AvgIpc) is 3.29. The first-order valence-corrected chi connectivity index (χ1v) is 7.22. The van der Waals surface area contributed by atoms with Gasteiger partial charge in [-0.3, -0.25) is 9.69 Å². The molecule has 1 aliphatic rings. The second-order valence-electron chi connectivity index (χ2n) is 5.13. The topological polar surface area (TPSA) is 81.7 Å². The number of amides is 2. The predicted octanol–water partition coefficient (Wildman–Crippen LogP) is 1.43. The van der Waals surface area contributed by atoms with Crippen LogP contribution in [0.15, 0.2) is 30.3 Å². The number of para-hydroxylation sites is 1. The Morgan fingerprint density at radius 2 is 1.90 bits per heavy atom. The van der Waals surface area contributed by atoms with Crippen LogP contribution in [0, 0.1) is 0 Å². The maximum Gasteiger partial charge on any atom is 0.323 e. The van der Waals surface area contributed by atoms with Crippen molar-refractivity contribution in [3.8, 4) is 0 Å². The lowest BCUT2D eigenvalue weighted by molar-refractivity contribution is -0.135. The number of hydrogen-bond donors (Lipinski definition) is 3. The van der Waals surface area contributed by atoms with Crippen LogP contribution in [0.1, 0.15) is 19.3 Å². The number of anilines is 1. The highest BCUT2D eigenvalue weighted by atomic mass is 16.4. The number of aliphatic carboxylic acids is 1. The summed E-state index contributed by atoms with van der Waals surface area (Å²) in [6, 6.07) is 9.09. The lowest BCUT2D eigenvalue weighted by atomic mass is 10.3. The van der Waals surface area contributed by atoms with Crippen molar-refractivity contribution in [1.29, 1.82) is 0 Å². The first-order valence-electron chi connectivity index (χ1n) is 7.22. The van der Waals surface area contributed by atoms with E-state index in [0.29, 0.717) is 18.3 Å². The predicted molar refractivity (Wildman–Crippen MR) is 80.5 cm³/mol. The minimum atomic E-state index is -1.04. The highest BCUT2D eigenvalue weighted by Gasteiger charge is 2.20. The molecule has 114 valence electrons. The van der Waals surface area contributed by atoms with Gasteiger partial charge in [0, 0.05) is 18.3 Å². The minimum absolute atomic E-state index is 0.351. The molecule has 6 nitrogen and oxygen atoms in total.